The van der Waals surface area contributed by atoms with Gasteiger partial charge in [-0.25, -0.2) is 0 Å². The highest BCUT2D eigenvalue weighted by Gasteiger charge is 2.10. The molecule has 0 saturated carbocycles. The van der Waals surface area contributed by atoms with Crippen LogP contribution in [0.1, 0.15) is 45.4 Å². The zero-order valence-electron chi connectivity index (χ0n) is 9.77. The Morgan fingerprint density at radius 2 is 2.20 bits per heavy atom. The Bertz CT molecular complexity index is 247. The zero-order valence-corrected chi connectivity index (χ0v) is 9.77. The molecule has 1 heterocycles. The van der Waals surface area contributed by atoms with Gasteiger partial charge in [0.1, 0.15) is 0 Å². The highest BCUT2D eigenvalue weighted by molar-refractivity contribution is 4.85. The summed E-state index contributed by atoms with van der Waals surface area (Å²) in [5, 5.41) is 3.59. The van der Waals surface area contributed by atoms with Gasteiger partial charge in [-0.1, -0.05) is 25.9 Å². The molecule has 0 spiro atoms. The summed E-state index contributed by atoms with van der Waals surface area (Å²) in [5.74, 6) is 1.66. The molecular weight excluding hydrogens is 192 g/mol. The fraction of sp³-hybridized carbons (Fsp3) is 0.818. The van der Waals surface area contributed by atoms with Gasteiger partial charge in [-0.2, -0.15) is 4.98 Å². The SMILES string of the molecule is CC(C)COCCCC(C)c1ncno1. The van der Waals surface area contributed by atoms with Gasteiger partial charge in [0.15, 0.2) is 6.33 Å². The number of ether oxygens (including phenoxy) is 1. The second kappa shape index (κ2) is 6.56. The van der Waals surface area contributed by atoms with E-state index in [4.69, 9.17) is 9.26 Å². The van der Waals surface area contributed by atoms with Crippen molar-refractivity contribution in [2.45, 2.75) is 39.5 Å². The van der Waals surface area contributed by atoms with Crippen LogP contribution in [0.3, 0.4) is 0 Å². The minimum atomic E-state index is 0.329. The van der Waals surface area contributed by atoms with Crippen molar-refractivity contribution in [3.8, 4) is 0 Å². The second-order valence-electron chi connectivity index (χ2n) is 4.29. The van der Waals surface area contributed by atoms with E-state index in [9.17, 15) is 0 Å². The molecule has 86 valence electrons. The third-order valence-corrected chi connectivity index (χ3v) is 2.18. The highest BCUT2D eigenvalue weighted by Crippen LogP contribution is 2.17. The van der Waals surface area contributed by atoms with Crippen LogP contribution >= 0.6 is 0 Å². The number of hydrogen-bond acceptors (Lipinski definition) is 4. The lowest BCUT2D eigenvalue weighted by atomic mass is 10.1. The molecule has 4 heteroatoms. The maximum atomic E-state index is 5.50. The van der Waals surface area contributed by atoms with Crippen LogP contribution in [0, 0.1) is 5.92 Å². The molecule has 0 aliphatic rings. The molecule has 0 bridgehead atoms. The van der Waals surface area contributed by atoms with E-state index in [1.54, 1.807) is 0 Å². The van der Waals surface area contributed by atoms with Gasteiger partial charge in [-0.05, 0) is 18.8 Å². The van der Waals surface area contributed by atoms with Gasteiger partial charge in [-0.15, -0.1) is 0 Å². The van der Waals surface area contributed by atoms with Crippen LogP contribution < -0.4 is 0 Å². The monoisotopic (exact) mass is 212 g/mol. The Balaban J connectivity index is 2.05. The van der Waals surface area contributed by atoms with Crippen LogP contribution in [0.25, 0.3) is 0 Å². The van der Waals surface area contributed by atoms with E-state index in [2.05, 4.69) is 30.9 Å². The summed E-state index contributed by atoms with van der Waals surface area (Å²) < 4.78 is 10.5. The first-order valence-corrected chi connectivity index (χ1v) is 5.54. The highest BCUT2D eigenvalue weighted by atomic mass is 16.5. The molecule has 0 fully saturated rings. The maximum absolute atomic E-state index is 5.50. The summed E-state index contributed by atoms with van der Waals surface area (Å²) in [6.45, 7) is 8.06. The van der Waals surface area contributed by atoms with Gasteiger partial charge in [0.05, 0.1) is 0 Å². The fourth-order valence-electron chi connectivity index (χ4n) is 1.33. The van der Waals surface area contributed by atoms with E-state index in [1.807, 2.05) is 0 Å². The van der Waals surface area contributed by atoms with E-state index in [0.717, 1.165) is 31.9 Å². The Labute approximate surface area is 91.0 Å². The van der Waals surface area contributed by atoms with Crippen LogP contribution in [0.15, 0.2) is 10.9 Å². The molecule has 1 atom stereocenters. The summed E-state index contributed by atoms with van der Waals surface area (Å²) in [7, 11) is 0. The molecule has 1 aromatic rings. The predicted octanol–water partition coefficient (Wildman–Crippen LogP) is 2.63. The molecule has 0 aliphatic heterocycles. The largest absolute Gasteiger partial charge is 0.381 e. The minimum Gasteiger partial charge on any atom is -0.381 e. The molecule has 1 aromatic heterocycles. The van der Waals surface area contributed by atoms with E-state index in [1.165, 1.54) is 6.33 Å². The first-order chi connectivity index (χ1) is 7.20. The molecule has 0 aliphatic carbocycles. The molecule has 1 rings (SSSR count). The van der Waals surface area contributed by atoms with Crippen LogP contribution in [0.2, 0.25) is 0 Å². The van der Waals surface area contributed by atoms with Crippen LogP contribution in [-0.4, -0.2) is 23.4 Å². The van der Waals surface area contributed by atoms with Crippen molar-refractivity contribution >= 4 is 0 Å². The third-order valence-electron chi connectivity index (χ3n) is 2.18. The number of aromatic nitrogens is 2. The van der Waals surface area contributed by atoms with Gasteiger partial charge in [0.2, 0.25) is 5.89 Å². The predicted molar refractivity (Wildman–Crippen MR) is 57.6 cm³/mol. The zero-order chi connectivity index (χ0) is 11.1. The minimum absolute atomic E-state index is 0.329. The van der Waals surface area contributed by atoms with Gasteiger partial charge in [0.25, 0.3) is 0 Å². The van der Waals surface area contributed by atoms with Crippen molar-refractivity contribution in [2.24, 2.45) is 5.92 Å². The second-order valence-corrected chi connectivity index (χ2v) is 4.29. The number of hydrogen-bond donors (Lipinski definition) is 0. The molecule has 1 unspecified atom stereocenters. The summed E-state index contributed by atoms with van der Waals surface area (Å²) in [4.78, 5) is 4.02. The topological polar surface area (TPSA) is 48.2 Å². The van der Waals surface area contributed by atoms with Crippen LogP contribution in [0.5, 0.6) is 0 Å². The number of rotatable bonds is 7. The van der Waals surface area contributed by atoms with E-state index in [0.29, 0.717) is 11.8 Å². The first-order valence-electron chi connectivity index (χ1n) is 5.54. The number of nitrogens with zero attached hydrogens (tertiary/aromatic N) is 2. The van der Waals surface area contributed by atoms with Crippen molar-refractivity contribution in [2.75, 3.05) is 13.2 Å². The standard InChI is InChI=1S/C11H20N2O2/c1-9(2)7-14-6-4-5-10(3)11-12-8-13-15-11/h8-10H,4-7H2,1-3H3. The van der Waals surface area contributed by atoms with E-state index >= 15 is 0 Å². The van der Waals surface area contributed by atoms with Crippen molar-refractivity contribution < 1.29 is 9.26 Å². The average Bonchev–Trinajstić information content (AvgIpc) is 2.69. The average molecular weight is 212 g/mol. The van der Waals surface area contributed by atoms with Crippen molar-refractivity contribution in [1.29, 1.82) is 0 Å². The molecule has 15 heavy (non-hydrogen) atoms. The molecule has 0 N–H and O–H groups in total. The Morgan fingerprint density at radius 3 is 2.80 bits per heavy atom. The molecule has 0 amide bonds. The van der Waals surface area contributed by atoms with Gasteiger partial charge in [0, 0.05) is 19.1 Å². The lowest BCUT2D eigenvalue weighted by molar-refractivity contribution is 0.105. The van der Waals surface area contributed by atoms with Gasteiger partial charge < -0.3 is 9.26 Å². The summed E-state index contributed by atoms with van der Waals surface area (Å²) in [6, 6.07) is 0. The normalized spacial score (nSPS) is 13.3. The third kappa shape index (κ3) is 4.93. The summed E-state index contributed by atoms with van der Waals surface area (Å²) in [5.41, 5.74) is 0. The smallest absolute Gasteiger partial charge is 0.229 e. The van der Waals surface area contributed by atoms with Gasteiger partial charge in [-0.3, -0.25) is 0 Å². The summed E-state index contributed by atoms with van der Waals surface area (Å²) >= 11 is 0. The maximum Gasteiger partial charge on any atom is 0.229 e. The molecule has 0 saturated heterocycles. The quantitative estimate of drug-likeness (QED) is 0.652. The van der Waals surface area contributed by atoms with Crippen molar-refractivity contribution in [3.05, 3.63) is 12.2 Å². The van der Waals surface area contributed by atoms with E-state index < -0.39 is 0 Å². The van der Waals surface area contributed by atoms with E-state index in [-0.39, 0.29) is 0 Å². The molecular formula is C11H20N2O2. The fourth-order valence-corrected chi connectivity index (χ4v) is 1.33. The van der Waals surface area contributed by atoms with Crippen LogP contribution in [-0.2, 0) is 4.74 Å². The molecule has 4 nitrogen and oxygen atoms in total. The Morgan fingerprint density at radius 1 is 1.40 bits per heavy atom. The Hall–Kier alpha value is -0.900. The molecule has 0 aromatic carbocycles. The summed E-state index contributed by atoms with van der Waals surface area (Å²) in [6.07, 6.45) is 3.51. The van der Waals surface area contributed by atoms with Crippen molar-refractivity contribution in [1.82, 2.24) is 10.1 Å². The first kappa shape index (κ1) is 12.2. The van der Waals surface area contributed by atoms with Crippen molar-refractivity contribution in [3.63, 3.8) is 0 Å². The lowest BCUT2D eigenvalue weighted by Crippen LogP contribution is -2.04. The lowest BCUT2D eigenvalue weighted by Gasteiger charge is -2.08. The Kier molecular flexibility index (Phi) is 5.32. The van der Waals surface area contributed by atoms with Crippen LogP contribution in [0.4, 0.5) is 0 Å². The molecule has 0 radical (unpaired) electrons. The van der Waals surface area contributed by atoms with Gasteiger partial charge >= 0.3 is 0 Å².